The predicted octanol–water partition coefficient (Wildman–Crippen LogP) is 7.24. The number of piperidine rings is 2. The van der Waals surface area contributed by atoms with Crippen molar-refractivity contribution in [1.29, 1.82) is 0 Å². The third-order valence-electron chi connectivity index (χ3n) is 8.98. The molecule has 0 bridgehead atoms. The summed E-state index contributed by atoms with van der Waals surface area (Å²) in [5.41, 5.74) is 5.83. The third-order valence-corrected chi connectivity index (χ3v) is 8.98. The van der Waals surface area contributed by atoms with Crippen molar-refractivity contribution in [2.45, 2.75) is 45.1 Å². The lowest BCUT2D eigenvalue weighted by atomic mass is 9.98. The molecule has 43 heavy (non-hydrogen) atoms. The number of carbonyl (C=O) groups excluding carboxylic acids is 2. The number of likely N-dealkylation sites (tertiary alicyclic amines) is 1. The molecule has 2 saturated heterocycles. The highest BCUT2D eigenvalue weighted by molar-refractivity contribution is 6.08. The number of rotatable bonds is 7. The van der Waals surface area contributed by atoms with E-state index in [0.29, 0.717) is 22.6 Å². The van der Waals surface area contributed by atoms with Crippen LogP contribution in [0.4, 0.5) is 17.1 Å². The van der Waals surface area contributed by atoms with Crippen LogP contribution in [-0.2, 0) is 0 Å². The van der Waals surface area contributed by atoms with Gasteiger partial charge in [-0.05, 0) is 99.8 Å². The normalized spacial score (nSPS) is 16.2. The van der Waals surface area contributed by atoms with Crippen molar-refractivity contribution in [1.82, 2.24) is 4.90 Å². The van der Waals surface area contributed by atoms with Gasteiger partial charge in [0.15, 0.2) is 0 Å². The Morgan fingerprint density at radius 1 is 0.837 bits per heavy atom. The number of carbonyl (C=O) groups is 2. The van der Waals surface area contributed by atoms with E-state index in [9.17, 15) is 9.59 Å². The van der Waals surface area contributed by atoms with Crippen LogP contribution >= 0.6 is 0 Å². The molecule has 2 aliphatic heterocycles. The number of furan rings is 1. The molecule has 3 heterocycles. The van der Waals surface area contributed by atoms with Crippen molar-refractivity contribution in [3.63, 3.8) is 0 Å². The maximum atomic E-state index is 13.5. The summed E-state index contributed by atoms with van der Waals surface area (Å²) in [5, 5.41) is 2.86. The maximum absolute atomic E-state index is 13.5. The Morgan fingerprint density at radius 2 is 1.53 bits per heavy atom. The van der Waals surface area contributed by atoms with E-state index in [1.165, 1.54) is 57.1 Å². The van der Waals surface area contributed by atoms with Crippen molar-refractivity contribution >= 4 is 28.9 Å². The monoisotopic (exact) mass is 576 g/mol. The van der Waals surface area contributed by atoms with Gasteiger partial charge in [-0.25, -0.2) is 0 Å². The smallest absolute Gasteiger partial charge is 0.259 e. The molecule has 7 nitrogen and oxygen atoms in total. The highest BCUT2D eigenvalue weighted by atomic mass is 16.3. The summed E-state index contributed by atoms with van der Waals surface area (Å²) in [6.07, 6.45) is 8.04. The molecule has 0 radical (unpaired) electrons. The largest absolute Gasteiger partial charge is 0.469 e. The Bertz CT molecular complexity index is 1550. The Kier molecular flexibility index (Phi) is 8.61. The van der Waals surface area contributed by atoms with E-state index < -0.39 is 0 Å². The van der Waals surface area contributed by atoms with Gasteiger partial charge < -0.3 is 24.4 Å². The van der Waals surface area contributed by atoms with Crippen molar-refractivity contribution in [3.8, 4) is 11.1 Å². The molecule has 0 saturated carbocycles. The van der Waals surface area contributed by atoms with Crippen LogP contribution in [0, 0.1) is 6.92 Å². The number of amides is 2. The molecule has 2 fully saturated rings. The Morgan fingerprint density at radius 3 is 2.21 bits per heavy atom. The number of benzene rings is 3. The van der Waals surface area contributed by atoms with Crippen LogP contribution in [-0.4, -0.2) is 56.0 Å². The first-order valence-electron chi connectivity index (χ1n) is 15.4. The highest BCUT2D eigenvalue weighted by Gasteiger charge is 2.26. The van der Waals surface area contributed by atoms with Gasteiger partial charge in [0.2, 0.25) is 0 Å². The zero-order valence-electron chi connectivity index (χ0n) is 25.1. The Labute approximate surface area is 254 Å². The van der Waals surface area contributed by atoms with E-state index in [0.717, 1.165) is 35.9 Å². The standard InChI is InChI=1S/C36H40N4O3/c1-26-32(20-25-43-26)35(41)37-29-14-10-28(11-15-29)36(42)38(2)34-9-5-4-8-33(34)27-12-16-30(17-13-27)40-23-18-31(19-24-40)39-21-6-3-7-22-39/h4-5,8-17,20,25,31H,3,6-7,18-19,21-24H2,1-2H3,(H,37,41). The van der Waals surface area contributed by atoms with Gasteiger partial charge in [0.1, 0.15) is 5.76 Å². The van der Waals surface area contributed by atoms with E-state index in [-0.39, 0.29) is 11.8 Å². The molecule has 6 rings (SSSR count). The van der Waals surface area contributed by atoms with Gasteiger partial charge in [0.25, 0.3) is 11.8 Å². The van der Waals surface area contributed by atoms with Crippen LogP contribution < -0.4 is 15.1 Å². The summed E-state index contributed by atoms with van der Waals surface area (Å²) in [5.74, 6) is 0.195. The fraction of sp³-hybridized carbons (Fsp3) is 0.333. The molecule has 4 aromatic rings. The fourth-order valence-electron chi connectivity index (χ4n) is 6.45. The second-order valence-corrected chi connectivity index (χ2v) is 11.7. The van der Waals surface area contributed by atoms with Gasteiger partial charge in [-0.1, -0.05) is 36.8 Å². The molecule has 222 valence electrons. The van der Waals surface area contributed by atoms with Crippen LogP contribution in [0.5, 0.6) is 0 Å². The number of hydrogen-bond donors (Lipinski definition) is 1. The molecule has 7 heteroatoms. The van der Waals surface area contributed by atoms with Crippen molar-refractivity contribution < 1.29 is 14.0 Å². The van der Waals surface area contributed by atoms with Gasteiger partial charge in [-0.15, -0.1) is 0 Å². The average molecular weight is 577 g/mol. The summed E-state index contributed by atoms with van der Waals surface area (Å²) >= 11 is 0. The first-order chi connectivity index (χ1) is 21.0. The maximum Gasteiger partial charge on any atom is 0.259 e. The van der Waals surface area contributed by atoms with Crippen molar-refractivity contribution in [2.24, 2.45) is 0 Å². The van der Waals surface area contributed by atoms with E-state index in [4.69, 9.17) is 4.42 Å². The van der Waals surface area contributed by atoms with Crippen LogP contribution in [0.2, 0.25) is 0 Å². The van der Waals surface area contributed by atoms with Crippen LogP contribution in [0.25, 0.3) is 11.1 Å². The predicted molar refractivity (Wildman–Crippen MR) is 173 cm³/mol. The first kappa shape index (κ1) is 28.7. The van der Waals surface area contributed by atoms with Crippen LogP contribution in [0.15, 0.2) is 89.5 Å². The summed E-state index contributed by atoms with van der Waals surface area (Å²) in [6.45, 7) is 6.48. The minimum Gasteiger partial charge on any atom is -0.469 e. The molecular weight excluding hydrogens is 536 g/mol. The molecule has 1 N–H and O–H groups in total. The van der Waals surface area contributed by atoms with Gasteiger partial charge in [-0.2, -0.15) is 0 Å². The van der Waals surface area contributed by atoms with Gasteiger partial charge >= 0.3 is 0 Å². The summed E-state index contributed by atoms with van der Waals surface area (Å²) in [6, 6.07) is 26.1. The van der Waals surface area contributed by atoms with Gasteiger partial charge in [-0.3, -0.25) is 9.59 Å². The van der Waals surface area contributed by atoms with E-state index in [2.05, 4.69) is 45.4 Å². The number of para-hydroxylation sites is 1. The summed E-state index contributed by atoms with van der Waals surface area (Å²) in [7, 11) is 1.80. The second-order valence-electron chi connectivity index (χ2n) is 11.7. The number of nitrogens with one attached hydrogen (secondary N) is 1. The van der Waals surface area contributed by atoms with Crippen molar-refractivity contribution in [3.05, 3.63) is 102 Å². The average Bonchev–Trinajstić information content (AvgIpc) is 3.51. The lowest BCUT2D eigenvalue weighted by molar-refractivity contribution is 0.0991. The molecule has 0 spiro atoms. The first-order valence-corrected chi connectivity index (χ1v) is 15.4. The molecule has 0 unspecified atom stereocenters. The zero-order valence-corrected chi connectivity index (χ0v) is 25.1. The van der Waals surface area contributed by atoms with Gasteiger partial charge in [0.05, 0.1) is 17.5 Å². The van der Waals surface area contributed by atoms with Crippen LogP contribution in [0.3, 0.4) is 0 Å². The molecule has 2 amide bonds. The minimum atomic E-state index is -0.246. The van der Waals surface area contributed by atoms with E-state index in [1.807, 2.05) is 18.2 Å². The quantitative estimate of drug-likeness (QED) is 0.251. The zero-order chi connectivity index (χ0) is 29.8. The molecular formula is C36H40N4O3. The lowest BCUT2D eigenvalue weighted by Gasteiger charge is -2.41. The topological polar surface area (TPSA) is 69.0 Å². The second kappa shape index (κ2) is 12.9. The van der Waals surface area contributed by atoms with E-state index >= 15 is 0 Å². The van der Waals surface area contributed by atoms with E-state index in [1.54, 1.807) is 49.2 Å². The molecule has 2 aliphatic rings. The van der Waals surface area contributed by atoms with Crippen molar-refractivity contribution in [2.75, 3.05) is 48.3 Å². The molecule has 0 aliphatic carbocycles. The lowest BCUT2D eigenvalue weighted by Crippen LogP contribution is -2.46. The third kappa shape index (κ3) is 6.37. The summed E-state index contributed by atoms with van der Waals surface area (Å²) in [4.78, 5) is 32.9. The molecule has 3 aromatic carbocycles. The van der Waals surface area contributed by atoms with Crippen LogP contribution in [0.1, 0.15) is 58.6 Å². The Hall–Kier alpha value is -4.36. The summed E-state index contributed by atoms with van der Waals surface area (Å²) < 4.78 is 5.23. The molecule has 1 aromatic heterocycles. The number of hydrogen-bond acceptors (Lipinski definition) is 5. The Balaban J connectivity index is 1.11. The fourth-order valence-corrected chi connectivity index (χ4v) is 6.45. The number of aryl methyl sites for hydroxylation is 1. The highest BCUT2D eigenvalue weighted by Crippen LogP contribution is 2.33. The minimum absolute atomic E-state index is 0.121. The molecule has 0 atom stereocenters. The SMILES string of the molecule is Cc1occc1C(=O)Nc1ccc(C(=O)N(C)c2ccccc2-c2ccc(N3CCC(N4CCCCC4)CC3)cc2)cc1. The number of nitrogens with zero attached hydrogens (tertiary/aromatic N) is 3. The van der Waals surface area contributed by atoms with Gasteiger partial charge in [0, 0.05) is 48.7 Å². The number of anilines is 3.